The fourth-order valence-electron chi connectivity index (χ4n) is 2.00. The Balaban J connectivity index is 2.16. The van der Waals surface area contributed by atoms with Gasteiger partial charge < -0.3 is 5.11 Å². The maximum absolute atomic E-state index is 12.3. The first-order valence-electron chi connectivity index (χ1n) is 6.17. The van der Waals surface area contributed by atoms with E-state index in [1.165, 1.54) is 4.31 Å². The Labute approximate surface area is 122 Å². The summed E-state index contributed by atoms with van der Waals surface area (Å²) in [6.45, 7) is 4.14. The maximum Gasteiger partial charge on any atom is 0.243 e. The summed E-state index contributed by atoms with van der Waals surface area (Å²) in [5.41, 5.74) is 0.143. The zero-order valence-corrected chi connectivity index (χ0v) is 13.4. The highest BCUT2D eigenvalue weighted by atomic mass is 79.9. The molecule has 0 spiro atoms. The zero-order chi connectivity index (χ0) is 14.3. The van der Waals surface area contributed by atoms with E-state index in [4.69, 9.17) is 0 Å². The number of alkyl halides is 1. The predicted octanol–water partition coefficient (Wildman–Crippen LogP) is 1.97. The Morgan fingerprint density at radius 1 is 1.32 bits per heavy atom. The predicted molar refractivity (Wildman–Crippen MR) is 77.6 cm³/mol. The molecule has 1 aromatic carbocycles. The highest BCUT2D eigenvalue weighted by molar-refractivity contribution is 9.08. The second-order valence-corrected chi connectivity index (χ2v) is 7.81. The largest absolute Gasteiger partial charge is 0.387 e. The Kier molecular flexibility index (Phi) is 4.07. The monoisotopic (exact) mass is 347 g/mol. The second kappa shape index (κ2) is 5.16. The molecule has 1 N–H and O–H groups in total. The van der Waals surface area contributed by atoms with Gasteiger partial charge in [0, 0.05) is 18.4 Å². The Morgan fingerprint density at radius 2 is 1.84 bits per heavy atom. The molecule has 1 saturated heterocycles. The first kappa shape index (κ1) is 15.0. The van der Waals surface area contributed by atoms with Gasteiger partial charge in [0.15, 0.2) is 0 Å². The van der Waals surface area contributed by atoms with Crippen LogP contribution >= 0.6 is 15.9 Å². The van der Waals surface area contributed by atoms with Crippen molar-refractivity contribution in [2.45, 2.75) is 29.7 Å². The van der Waals surface area contributed by atoms with Gasteiger partial charge in [-0.15, -0.1) is 0 Å². The van der Waals surface area contributed by atoms with Crippen LogP contribution in [0.2, 0.25) is 0 Å². The van der Waals surface area contributed by atoms with Crippen LogP contribution in [-0.4, -0.2) is 36.5 Å². The lowest BCUT2D eigenvalue weighted by Gasteiger charge is -2.47. The average molecular weight is 348 g/mol. The number of halogens is 1. The standard InChI is InChI=1S/C13H18BrNO3S/c1-10(2)13(16)8-15(9-13)19(17,18)12-5-3-11(7-14)4-6-12/h3-6,10,16H,7-9H2,1-2H3. The summed E-state index contributed by atoms with van der Waals surface area (Å²) in [5, 5.41) is 10.8. The molecule has 1 heterocycles. The van der Waals surface area contributed by atoms with Crippen molar-refractivity contribution in [1.29, 1.82) is 0 Å². The van der Waals surface area contributed by atoms with E-state index < -0.39 is 15.6 Å². The van der Waals surface area contributed by atoms with E-state index in [2.05, 4.69) is 15.9 Å². The smallest absolute Gasteiger partial charge is 0.243 e. The Hall–Kier alpha value is -0.430. The van der Waals surface area contributed by atoms with E-state index >= 15 is 0 Å². The highest BCUT2D eigenvalue weighted by Crippen LogP contribution is 2.33. The molecule has 1 fully saturated rings. The molecule has 0 radical (unpaired) electrons. The molecule has 0 saturated carbocycles. The minimum atomic E-state index is -3.47. The molecular formula is C13H18BrNO3S. The van der Waals surface area contributed by atoms with Gasteiger partial charge in [-0.2, -0.15) is 4.31 Å². The fraction of sp³-hybridized carbons (Fsp3) is 0.538. The van der Waals surface area contributed by atoms with Crippen LogP contribution in [0.3, 0.4) is 0 Å². The van der Waals surface area contributed by atoms with Crippen LogP contribution in [0.1, 0.15) is 19.4 Å². The van der Waals surface area contributed by atoms with Gasteiger partial charge in [-0.05, 0) is 23.6 Å². The van der Waals surface area contributed by atoms with Crippen molar-refractivity contribution < 1.29 is 13.5 Å². The summed E-state index contributed by atoms with van der Waals surface area (Å²) in [4.78, 5) is 0.281. The molecule has 0 bridgehead atoms. The molecule has 1 aromatic rings. The molecule has 2 rings (SSSR count). The van der Waals surface area contributed by atoms with E-state index in [9.17, 15) is 13.5 Å². The summed E-state index contributed by atoms with van der Waals surface area (Å²) in [7, 11) is -3.47. The van der Waals surface area contributed by atoms with Crippen molar-refractivity contribution >= 4 is 26.0 Å². The van der Waals surface area contributed by atoms with Crippen molar-refractivity contribution in [3.63, 3.8) is 0 Å². The highest BCUT2D eigenvalue weighted by Gasteiger charge is 2.48. The van der Waals surface area contributed by atoms with E-state index in [0.29, 0.717) is 5.33 Å². The molecule has 0 aliphatic carbocycles. The number of hydrogen-bond acceptors (Lipinski definition) is 3. The number of sulfonamides is 1. The van der Waals surface area contributed by atoms with Crippen LogP contribution in [0.15, 0.2) is 29.2 Å². The Bertz CT molecular complexity index is 548. The van der Waals surface area contributed by atoms with Gasteiger partial charge in [-0.3, -0.25) is 0 Å². The third-order valence-electron chi connectivity index (χ3n) is 3.69. The van der Waals surface area contributed by atoms with Crippen molar-refractivity contribution in [2.24, 2.45) is 5.92 Å². The number of β-amino-alcohol motifs (C(OH)–C–C–N with tert-alkyl or cyclic N) is 1. The quantitative estimate of drug-likeness (QED) is 0.847. The molecule has 4 nitrogen and oxygen atoms in total. The summed E-state index contributed by atoms with van der Waals surface area (Å²) in [5.74, 6) is 0.0507. The van der Waals surface area contributed by atoms with Crippen LogP contribution in [0, 0.1) is 5.92 Å². The average Bonchev–Trinajstić information content (AvgIpc) is 2.34. The van der Waals surface area contributed by atoms with Gasteiger partial charge in [0.25, 0.3) is 0 Å². The van der Waals surface area contributed by atoms with E-state index in [1.807, 2.05) is 13.8 Å². The molecule has 0 atom stereocenters. The lowest BCUT2D eigenvalue weighted by atomic mass is 9.85. The minimum absolute atomic E-state index is 0.0507. The molecule has 1 aliphatic heterocycles. The van der Waals surface area contributed by atoms with Crippen LogP contribution in [-0.2, 0) is 15.4 Å². The topological polar surface area (TPSA) is 57.6 Å². The SMILES string of the molecule is CC(C)C1(O)CN(S(=O)(=O)c2ccc(CBr)cc2)C1. The minimum Gasteiger partial charge on any atom is -0.387 e. The van der Waals surface area contributed by atoms with Gasteiger partial charge >= 0.3 is 0 Å². The lowest BCUT2D eigenvalue weighted by Crippen LogP contribution is -2.65. The number of hydrogen-bond donors (Lipinski definition) is 1. The molecule has 19 heavy (non-hydrogen) atoms. The second-order valence-electron chi connectivity index (χ2n) is 5.31. The van der Waals surface area contributed by atoms with Crippen molar-refractivity contribution in [3.05, 3.63) is 29.8 Å². The zero-order valence-electron chi connectivity index (χ0n) is 11.0. The normalized spacial score (nSPS) is 19.4. The molecule has 0 amide bonds. The molecule has 0 unspecified atom stereocenters. The van der Waals surface area contributed by atoms with Crippen LogP contribution < -0.4 is 0 Å². The summed E-state index contributed by atoms with van der Waals surface area (Å²) in [6, 6.07) is 6.80. The van der Waals surface area contributed by atoms with Crippen molar-refractivity contribution in [1.82, 2.24) is 4.31 Å². The first-order valence-corrected chi connectivity index (χ1v) is 8.73. The maximum atomic E-state index is 12.3. The summed E-state index contributed by atoms with van der Waals surface area (Å²) in [6.07, 6.45) is 0. The molecule has 106 valence electrons. The van der Waals surface area contributed by atoms with Crippen molar-refractivity contribution in [2.75, 3.05) is 13.1 Å². The summed E-state index contributed by atoms with van der Waals surface area (Å²) < 4.78 is 26.0. The van der Waals surface area contributed by atoms with Gasteiger partial charge in [0.1, 0.15) is 0 Å². The number of rotatable bonds is 4. The van der Waals surface area contributed by atoms with Gasteiger partial charge in [0.05, 0.1) is 10.5 Å². The molecule has 0 aromatic heterocycles. The van der Waals surface area contributed by atoms with Crippen LogP contribution in [0.4, 0.5) is 0 Å². The number of benzene rings is 1. The van der Waals surface area contributed by atoms with E-state index in [0.717, 1.165) is 5.56 Å². The molecule has 6 heteroatoms. The third kappa shape index (κ3) is 2.72. The number of aliphatic hydroxyl groups is 1. The fourth-order valence-corrected chi connectivity index (χ4v) is 3.94. The van der Waals surface area contributed by atoms with Crippen LogP contribution in [0.5, 0.6) is 0 Å². The first-order chi connectivity index (χ1) is 8.79. The lowest BCUT2D eigenvalue weighted by molar-refractivity contribution is -0.0932. The van der Waals surface area contributed by atoms with E-state index in [-0.39, 0.29) is 23.9 Å². The van der Waals surface area contributed by atoms with Gasteiger partial charge in [0.2, 0.25) is 10.0 Å². The molecule has 1 aliphatic rings. The Morgan fingerprint density at radius 3 is 2.26 bits per heavy atom. The van der Waals surface area contributed by atoms with Gasteiger partial charge in [-0.1, -0.05) is 41.9 Å². The third-order valence-corrected chi connectivity index (χ3v) is 6.14. The molecular weight excluding hydrogens is 330 g/mol. The van der Waals surface area contributed by atoms with Crippen molar-refractivity contribution in [3.8, 4) is 0 Å². The van der Waals surface area contributed by atoms with E-state index in [1.54, 1.807) is 24.3 Å². The van der Waals surface area contributed by atoms with Gasteiger partial charge in [-0.25, -0.2) is 8.42 Å². The van der Waals surface area contributed by atoms with Crippen LogP contribution in [0.25, 0.3) is 0 Å². The number of nitrogens with zero attached hydrogens (tertiary/aromatic N) is 1. The summed E-state index contributed by atoms with van der Waals surface area (Å²) >= 11 is 3.32.